The van der Waals surface area contributed by atoms with Crippen molar-refractivity contribution in [3.8, 4) is 5.75 Å². The Labute approximate surface area is 174 Å². The fourth-order valence-corrected chi connectivity index (χ4v) is 2.64. The molecule has 0 radical (unpaired) electrons. The van der Waals surface area contributed by atoms with Gasteiger partial charge in [0.1, 0.15) is 5.75 Å². The molecule has 154 valence electrons. The number of anilines is 1. The smallest absolute Gasteiger partial charge is 0.338 e. The number of benzene rings is 2. The SMILES string of the molecule is CCc1ccc(C(=O)OCC(=O)N(C)CC(=O)Nc2cc(Cl)ccc2OC)cc1. The van der Waals surface area contributed by atoms with Crippen molar-refractivity contribution in [2.24, 2.45) is 0 Å². The second kappa shape index (κ2) is 10.5. The molecule has 0 atom stereocenters. The molecule has 2 aromatic carbocycles. The molecule has 2 aromatic rings. The normalized spacial score (nSPS) is 10.2. The van der Waals surface area contributed by atoms with Crippen molar-refractivity contribution >= 4 is 35.1 Å². The zero-order chi connectivity index (χ0) is 21.4. The highest BCUT2D eigenvalue weighted by molar-refractivity contribution is 6.31. The van der Waals surface area contributed by atoms with Gasteiger partial charge in [0.15, 0.2) is 6.61 Å². The number of carbonyl (C=O) groups is 3. The minimum Gasteiger partial charge on any atom is -0.495 e. The average Bonchev–Trinajstić information content (AvgIpc) is 2.71. The standard InChI is InChI=1S/C21H23ClN2O5/c1-4-14-5-7-15(8-6-14)21(27)29-13-20(26)24(2)12-19(25)23-17-11-16(22)9-10-18(17)28-3/h5-11H,4,12-13H2,1-3H3,(H,23,25). The lowest BCUT2D eigenvalue weighted by Crippen LogP contribution is -2.37. The molecule has 2 amide bonds. The van der Waals surface area contributed by atoms with Gasteiger partial charge in [-0.25, -0.2) is 4.79 Å². The summed E-state index contributed by atoms with van der Waals surface area (Å²) >= 11 is 5.93. The fraction of sp³-hybridized carbons (Fsp3) is 0.286. The number of ether oxygens (including phenoxy) is 2. The summed E-state index contributed by atoms with van der Waals surface area (Å²) in [6.07, 6.45) is 0.863. The third-order valence-electron chi connectivity index (χ3n) is 4.17. The molecule has 29 heavy (non-hydrogen) atoms. The number of aryl methyl sites for hydroxylation is 1. The van der Waals surface area contributed by atoms with E-state index in [1.807, 2.05) is 19.1 Å². The van der Waals surface area contributed by atoms with E-state index in [9.17, 15) is 14.4 Å². The van der Waals surface area contributed by atoms with E-state index < -0.39 is 24.4 Å². The molecule has 0 fully saturated rings. The molecule has 8 heteroatoms. The number of carbonyl (C=O) groups excluding carboxylic acids is 3. The molecule has 0 unspecified atom stereocenters. The summed E-state index contributed by atoms with van der Waals surface area (Å²) in [6, 6.07) is 11.8. The Bertz CT molecular complexity index is 883. The zero-order valence-electron chi connectivity index (χ0n) is 16.5. The van der Waals surface area contributed by atoms with Crippen molar-refractivity contribution in [2.75, 3.05) is 32.6 Å². The largest absolute Gasteiger partial charge is 0.495 e. The second-order valence-electron chi connectivity index (χ2n) is 6.27. The number of rotatable bonds is 8. The molecule has 0 aromatic heterocycles. The fourth-order valence-electron chi connectivity index (χ4n) is 2.47. The van der Waals surface area contributed by atoms with Gasteiger partial charge in [-0.15, -0.1) is 0 Å². The Kier molecular flexibility index (Phi) is 8.03. The van der Waals surface area contributed by atoms with E-state index in [1.165, 1.54) is 19.1 Å². The lowest BCUT2D eigenvalue weighted by molar-refractivity contribution is -0.136. The highest BCUT2D eigenvalue weighted by Crippen LogP contribution is 2.27. The van der Waals surface area contributed by atoms with Gasteiger partial charge in [0, 0.05) is 12.1 Å². The van der Waals surface area contributed by atoms with E-state index in [-0.39, 0.29) is 6.54 Å². The molecule has 0 heterocycles. The third-order valence-corrected chi connectivity index (χ3v) is 4.40. The van der Waals surface area contributed by atoms with Crippen molar-refractivity contribution in [1.29, 1.82) is 0 Å². The van der Waals surface area contributed by atoms with E-state index in [2.05, 4.69) is 5.32 Å². The van der Waals surface area contributed by atoms with Gasteiger partial charge in [-0.3, -0.25) is 9.59 Å². The summed E-state index contributed by atoms with van der Waals surface area (Å²) in [5.74, 6) is -1.10. The van der Waals surface area contributed by atoms with Crippen LogP contribution in [0.1, 0.15) is 22.8 Å². The van der Waals surface area contributed by atoms with E-state index in [0.29, 0.717) is 22.0 Å². The maximum absolute atomic E-state index is 12.2. The van der Waals surface area contributed by atoms with E-state index >= 15 is 0 Å². The highest BCUT2D eigenvalue weighted by Gasteiger charge is 2.17. The molecule has 7 nitrogen and oxygen atoms in total. The van der Waals surface area contributed by atoms with Gasteiger partial charge in [-0.2, -0.15) is 0 Å². The number of methoxy groups -OCH3 is 1. The van der Waals surface area contributed by atoms with Crippen LogP contribution in [-0.2, 0) is 20.7 Å². The van der Waals surface area contributed by atoms with Crippen molar-refractivity contribution in [3.63, 3.8) is 0 Å². The molecule has 0 aliphatic carbocycles. The number of nitrogens with zero attached hydrogens (tertiary/aromatic N) is 1. The summed E-state index contributed by atoms with van der Waals surface area (Å²) in [5, 5.41) is 3.07. The van der Waals surface area contributed by atoms with E-state index in [1.54, 1.807) is 30.3 Å². The quantitative estimate of drug-likeness (QED) is 0.665. The molecule has 2 rings (SSSR count). The van der Waals surface area contributed by atoms with Crippen LogP contribution in [0.4, 0.5) is 5.69 Å². The summed E-state index contributed by atoms with van der Waals surface area (Å²) in [6.45, 7) is 1.33. The molecule has 1 N–H and O–H groups in total. The van der Waals surface area contributed by atoms with Crippen LogP contribution in [0.3, 0.4) is 0 Å². The van der Waals surface area contributed by atoms with Gasteiger partial charge < -0.3 is 19.7 Å². The van der Waals surface area contributed by atoms with Crippen LogP contribution in [0.15, 0.2) is 42.5 Å². The lowest BCUT2D eigenvalue weighted by atomic mass is 10.1. The molecule has 0 spiro atoms. The number of halogens is 1. The third kappa shape index (κ3) is 6.50. The predicted octanol–water partition coefficient (Wildman–Crippen LogP) is 3.16. The summed E-state index contributed by atoms with van der Waals surface area (Å²) < 4.78 is 10.2. The molecular weight excluding hydrogens is 396 g/mol. The monoisotopic (exact) mass is 418 g/mol. The van der Waals surface area contributed by atoms with Crippen LogP contribution >= 0.6 is 11.6 Å². The van der Waals surface area contributed by atoms with Crippen LogP contribution in [0.2, 0.25) is 5.02 Å². The second-order valence-corrected chi connectivity index (χ2v) is 6.71. The van der Waals surface area contributed by atoms with Crippen LogP contribution in [0, 0.1) is 0 Å². The summed E-state index contributed by atoms with van der Waals surface area (Å²) in [4.78, 5) is 37.6. The Morgan fingerprint density at radius 2 is 1.79 bits per heavy atom. The van der Waals surface area contributed by atoms with Crippen molar-refractivity contribution in [3.05, 3.63) is 58.6 Å². The van der Waals surface area contributed by atoms with Crippen LogP contribution in [-0.4, -0.2) is 50.0 Å². The molecular formula is C21H23ClN2O5. The van der Waals surface area contributed by atoms with E-state index in [0.717, 1.165) is 12.0 Å². The van der Waals surface area contributed by atoms with Gasteiger partial charge in [-0.1, -0.05) is 30.7 Å². The topological polar surface area (TPSA) is 84.9 Å². The number of nitrogens with one attached hydrogen (secondary N) is 1. The van der Waals surface area contributed by atoms with E-state index in [4.69, 9.17) is 21.1 Å². The lowest BCUT2D eigenvalue weighted by Gasteiger charge is -2.17. The first-order valence-electron chi connectivity index (χ1n) is 8.97. The van der Waals surface area contributed by atoms with Crippen molar-refractivity contribution < 1.29 is 23.9 Å². The van der Waals surface area contributed by atoms with Crippen LogP contribution < -0.4 is 10.1 Å². The first-order valence-corrected chi connectivity index (χ1v) is 9.35. The predicted molar refractivity (Wildman–Crippen MR) is 110 cm³/mol. The Morgan fingerprint density at radius 1 is 1.10 bits per heavy atom. The van der Waals surface area contributed by atoms with Gasteiger partial charge in [0.05, 0.1) is 24.9 Å². The number of likely N-dealkylation sites (N-methyl/N-ethyl adjacent to an activating group) is 1. The zero-order valence-corrected chi connectivity index (χ0v) is 17.3. The van der Waals surface area contributed by atoms with Crippen molar-refractivity contribution in [2.45, 2.75) is 13.3 Å². The molecule has 0 bridgehead atoms. The average molecular weight is 419 g/mol. The Morgan fingerprint density at radius 3 is 2.41 bits per heavy atom. The van der Waals surface area contributed by atoms with Crippen molar-refractivity contribution in [1.82, 2.24) is 4.90 Å². The van der Waals surface area contributed by atoms with Gasteiger partial charge >= 0.3 is 5.97 Å². The number of amides is 2. The molecule has 0 saturated carbocycles. The molecule has 0 aliphatic rings. The summed E-state index contributed by atoms with van der Waals surface area (Å²) in [5.41, 5.74) is 1.86. The first-order chi connectivity index (χ1) is 13.8. The highest BCUT2D eigenvalue weighted by atomic mass is 35.5. The minimum atomic E-state index is -0.595. The number of hydrogen-bond acceptors (Lipinski definition) is 5. The van der Waals surface area contributed by atoms with Gasteiger partial charge in [0.2, 0.25) is 5.91 Å². The Balaban J connectivity index is 1.85. The van der Waals surface area contributed by atoms with Crippen LogP contribution in [0.25, 0.3) is 0 Å². The van der Waals surface area contributed by atoms with Gasteiger partial charge in [-0.05, 0) is 42.3 Å². The maximum atomic E-state index is 12.2. The summed E-state index contributed by atoms with van der Waals surface area (Å²) in [7, 11) is 2.92. The molecule has 0 saturated heterocycles. The van der Waals surface area contributed by atoms with Gasteiger partial charge in [0.25, 0.3) is 5.91 Å². The number of hydrogen-bond donors (Lipinski definition) is 1. The van der Waals surface area contributed by atoms with Crippen LogP contribution in [0.5, 0.6) is 5.75 Å². The molecule has 0 aliphatic heterocycles. The first kappa shape index (κ1) is 22.2. The Hall–Kier alpha value is -3.06. The number of esters is 1. The maximum Gasteiger partial charge on any atom is 0.338 e. The minimum absolute atomic E-state index is 0.225.